The zero-order valence-corrected chi connectivity index (χ0v) is 30.4. The van der Waals surface area contributed by atoms with Gasteiger partial charge in [0, 0.05) is 61.0 Å². The Balaban J connectivity index is 1.52. The number of carbonyl (C=O) groups excluding carboxylic acids is 1. The van der Waals surface area contributed by atoms with E-state index in [0.29, 0.717) is 12.6 Å². The number of esters is 1. The van der Waals surface area contributed by atoms with Crippen LogP contribution in [-0.2, 0) is 31.8 Å². The quantitative estimate of drug-likeness (QED) is 0.193. The van der Waals surface area contributed by atoms with Gasteiger partial charge < -0.3 is 23.5 Å². The van der Waals surface area contributed by atoms with Crippen LogP contribution in [0, 0.1) is 5.41 Å². The van der Waals surface area contributed by atoms with Crippen LogP contribution in [0.3, 0.4) is 0 Å². The summed E-state index contributed by atoms with van der Waals surface area (Å²) in [5.74, 6) is -0.00467. The second-order valence-electron chi connectivity index (χ2n) is 16.1. The molecular weight excluding hydrogens is 587 g/mol. The number of ether oxygens (including phenoxy) is 1. The molecule has 1 aromatic carbocycles. The fourth-order valence-corrected chi connectivity index (χ4v) is 7.72. The number of carbonyl (C=O) groups is 1. The van der Waals surface area contributed by atoms with E-state index in [1.165, 1.54) is 59.7 Å². The van der Waals surface area contributed by atoms with Crippen molar-refractivity contribution in [1.29, 1.82) is 0 Å². The minimum Gasteiger partial charge on any atom is -0.465 e. The number of nitrogens with zero attached hydrogens (tertiary/aromatic N) is 4. The summed E-state index contributed by atoms with van der Waals surface area (Å²) in [7, 11) is -0.454. The molecule has 254 valence electrons. The van der Waals surface area contributed by atoms with Crippen LogP contribution >= 0.6 is 0 Å². The Labute approximate surface area is 282 Å². The molecular formula is C38H55BN4O4. The monoisotopic (exact) mass is 642 g/mol. The van der Waals surface area contributed by atoms with E-state index in [9.17, 15) is 4.79 Å². The number of anilines is 1. The average molecular weight is 643 g/mol. The van der Waals surface area contributed by atoms with Gasteiger partial charge in [0.2, 0.25) is 0 Å². The van der Waals surface area contributed by atoms with Gasteiger partial charge >= 0.3 is 13.1 Å². The van der Waals surface area contributed by atoms with Crippen LogP contribution in [0.2, 0.25) is 0 Å². The van der Waals surface area contributed by atoms with Crippen molar-refractivity contribution < 1.29 is 18.8 Å². The van der Waals surface area contributed by atoms with Gasteiger partial charge in [-0.1, -0.05) is 39.8 Å². The van der Waals surface area contributed by atoms with E-state index in [0.717, 1.165) is 43.8 Å². The molecule has 0 saturated carbocycles. The number of aromatic nitrogens is 2. The molecule has 3 saturated heterocycles. The van der Waals surface area contributed by atoms with Crippen molar-refractivity contribution in [2.45, 2.75) is 118 Å². The summed E-state index contributed by atoms with van der Waals surface area (Å²) in [5.41, 5.74) is 7.01. The number of piperazine rings is 1. The Bertz CT molecular complexity index is 1630. The molecule has 3 aliphatic rings. The molecule has 0 amide bonds. The molecule has 0 radical (unpaired) electrons. The molecule has 47 heavy (non-hydrogen) atoms. The summed E-state index contributed by atoms with van der Waals surface area (Å²) in [6.07, 6.45) is 5.40. The van der Waals surface area contributed by atoms with Crippen LogP contribution in [-0.4, -0.2) is 77.6 Å². The van der Waals surface area contributed by atoms with E-state index < -0.39 is 18.3 Å². The van der Waals surface area contributed by atoms with Gasteiger partial charge in [0.05, 0.1) is 41.1 Å². The van der Waals surface area contributed by atoms with Gasteiger partial charge in [-0.05, 0) is 89.5 Å². The third kappa shape index (κ3) is 6.48. The number of hydrogen-bond donors (Lipinski definition) is 0. The van der Waals surface area contributed by atoms with E-state index >= 15 is 0 Å². The average Bonchev–Trinajstić information content (AvgIpc) is 3.66. The lowest BCUT2D eigenvalue weighted by atomic mass is 9.77. The van der Waals surface area contributed by atoms with Gasteiger partial charge in [-0.25, -0.2) is 0 Å². The summed E-state index contributed by atoms with van der Waals surface area (Å²) in [5, 5.41) is 1.18. The van der Waals surface area contributed by atoms with Crippen molar-refractivity contribution in [2.75, 3.05) is 37.7 Å². The van der Waals surface area contributed by atoms with Crippen molar-refractivity contribution in [3.8, 4) is 11.3 Å². The topological polar surface area (TPSA) is 69.1 Å². The molecule has 0 unspecified atom stereocenters. The first-order chi connectivity index (χ1) is 22.1. The molecule has 9 heteroatoms. The predicted octanol–water partition coefficient (Wildman–Crippen LogP) is 6.56. The van der Waals surface area contributed by atoms with Crippen molar-refractivity contribution in [3.05, 3.63) is 41.7 Å². The molecule has 2 aromatic heterocycles. The summed E-state index contributed by atoms with van der Waals surface area (Å²) >= 11 is 0. The van der Waals surface area contributed by atoms with Crippen molar-refractivity contribution in [1.82, 2.24) is 14.5 Å². The number of benzene rings is 1. The lowest BCUT2D eigenvalue weighted by Crippen LogP contribution is -2.50. The highest BCUT2D eigenvalue weighted by Crippen LogP contribution is 2.42. The molecule has 5 heterocycles. The van der Waals surface area contributed by atoms with E-state index in [1.54, 1.807) is 0 Å². The van der Waals surface area contributed by atoms with Gasteiger partial charge in [-0.3, -0.25) is 14.7 Å². The maximum absolute atomic E-state index is 11.9. The summed E-state index contributed by atoms with van der Waals surface area (Å²) in [4.78, 5) is 22.3. The second kappa shape index (κ2) is 12.5. The lowest BCUT2D eigenvalue weighted by molar-refractivity contribution is -0.143. The molecule has 0 N–H and O–H groups in total. The van der Waals surface area contributed by atoms with Gasteiger partial charge in [-0.15, -0.1) is 0 Å². The summed E-state index contributed by atoms with van der Waals surface area (Å²) in [6.45, 7) is 26.5. The van der Waals surface area contributed by atoms with Crippen LogP contribution < -0.4 is 10.4 Å². The Morgan fingerprint density at radius 2 is 1.83 bits per heavy atom. The third-order valence-corrected chi connectivity index (χ3v) is 11.0. The first kappa shape index (κ1) is 34.0. The first-order valence-corrected chi connectivity index (χ1v) is 17.7. The maximum Gasteiger partial charge on any atom is 0.494 e. The molecule has 8 nitrogen and oxygen atoms in total. The molecule has 3 aliphatic heterocycles. The van der Waals surface area contributed by atoms with E-state index in [-0.39, 0.29) is 17.3 Å². The molecule has 0 aliphatic carbocycles. The number of pyridine rings is 1. The van der Waals surface area contributed by atoms with Crippen LogP contribution in [0.25, 0.3) is 22.2 Å². The molecule has 3 aromatic rings. The standard InChI is InChI=1S/C38H55BN4O4/c1-11-43-33-15-14-27(39-46-37(7,8)38(9,10)47-39)19-30(33)32(21-36(5,6)24-45-26(4)44)35(43)31-20-29(22-40-34(31)25(2)3)42-18-17-41-16-12-13-28(41)23-42/h14-15,19-20,22,25,28H,11-13,16-18,21,23-24H2,1-10H3/t28-/m1/s1. The number of fused-ring (bicyclic) bond motifs is 2. The smallest absolute Gasteiger partial charge is 0.465 e. The zero-order valence-electron chi connectivity index (χ0n) is 30.4. The Hall–Kier alpha value is -2.88. The Kier molecular flexibility index (Phi) is 9.07. The van der Waals surface area contributed by atoms with Gasteiger partial charge in [0.1, 0.15) is 0 Å². The van der Waals surface area contributed by atoms with Crippen molar-refractivity contribution >= 4 is 35.1 Å². The summed E-state index contributed by atoms with van der Waals surface area (Å²) in [6, 6.07) is 9.70. The SMILES string of the molecule is CCn1c(-c2cc(N3CCN4CCC[C@@H]4C3)cnc2C(C)C)c(CC(C)(C)COC(C)=O)c2cc(B3OC(C)(C)C(C)(C)O3)ccc21. The van der Waals surface area contributed by atoms with Crippen LogP contribution in [0.5, 0.6) is 0 Å². The predicted molar refractivity (Wildman–Crippen MR) is 192 cm³/mol. The molecule has 6 rings (SSSR count). The number of rotatable bonds is 9. The van der Waals surface area contributed by atoms with E-state index in [2.05, 4.69) is 107 Å². The normalized spacial score (nSPS) is 21.2. The fourth-order valence-electron chi connectivity index (χ4n) is 7.72. The highest BCUT2D eigenvalue weighted by atomic mass is 16.7. The summed E-state index contributed by atoms with van der Waals surface area (Å²) < 4.78 is 21.1. The molecule has 1 atom stereocenters. The molecule has 3 fully saturated rings. The van der Waals surface area contributed by atoms with Crippen LogP contribution in [0.1, 0.15) is 99.3 Å². The fraction of sp³-hybridized carbons (Fsp3) is 0.632. The van der Waals surface area contributed by atoms with Gasteiger partial charge in [0.15, 0.2) is 0 Å². The molecule has 0 spiro atoms. The second-order valence-corrected chi connectivity index (χ2v) is 16.1. The third-order valence-electron chi connectivity index (χ3n) is 11.0. The minimum absolute atomic E-state index is 0.247. The number of hydrogen-bond acceptors (Lipinski definition) is 7. The Morgan fingerprint density at radius 3 is 2.49 bits per heavy atom. The van der Waals surface area contributed by atoms with E-state index in [1.807, 2.05) is 0 Å². The van der Waals surface area contributed by atoms with Gasteiger partial charge in [-0.2, -0.15) is 0 Å². The van der Waals surface area contributed by atoms with Crippen LogP contribution in [0.15, 0.2) is 30.5 Å². The van der Waals surface area contributed by atoms with Crippen molar-refractivity contribution in [2.24, 2.45) is 5.41 Å². The number of aryl methyl sites for hydroxylation is 1. The van der Waals surface area contributed by atoms with Gasteiger partial charge in [0.25, 0.3) is 0 Å². The Morgan fingerprint density at radius 1 is 1.11 bits per heavy atom. The lowest BCUT2D eigenvalue weighted by Gasteiger charge is -2.39. The van der Waals surface area contributed by atoms with Crippen molar-refractivity contribution in [3.63, 3.8) is 0 Å². The van der Waals surface area contributed by atoms with Crippen LogP contribution in [0.4, 0.5) is 5.69 Å². The highest BCUT2D eigenvalue weighted by molar-refractivity contribution is 6.62. The van der Waals surface area contributed by atoms with E-state index in [4.69, 9.17) is 19.0 Å². The minimum atomic E-state index is -0.454. The maximum atomic E-state index is 11.9. The zero-order chi connectivity index (χ0) is 33.9. The largest absolute Gasteiger partial charge is 0.494 e. The highest BCUT2D eigenvalue weighted by Gasteiger charge is 2.51. The first-order valence-electron chi connectivity index (χ1n) is 17.7. The molecule has 0 bridgehead atoms.